The van der Waals surface area contributed by atoms with Crippen LogP contribution in [0.3, 0.4) is 0 Å². The predicted octanol–water partition coefficient (Wildman–Crippen LogP) is 7.62. The van der Waals surface area contributed by atoms with Gasteiger partial charge in [0, 0.05) is 24.5 Å². The van der Waals surface area contributed by atoms with E-state index >= 15 is 0 Å². The maximum atomic E-state index is 14.9. The summed E-state index contributed by atoms with van der Waals surface area (Å²) in [4.78, 5) is 59.3. The van der Waals surface area contributed by atoms with E-state index in [-0.39, 0.29) is 31.5 Å². The Morgan fingerprint density at radius 1 is 0.636 bits per heavy atom. The van der Waals surface area contributed by atoms with Crippen LogP contribution in [0.5, 0.6) is 0 Å². The van der Waals surface area contributed by atoms with E-state index in [9.17, 15) is 24.3 Å². The highest BCUT2D eigenvalue weighted by Gasteiger charge is 2.39. The van der Waals surface area contributed by atoms with Gasteiger partial charge in [-0.05, 0) is 76.6 Å². The van der Waals surface area contributed by atoms with Crippen LogP contribution in [0.25, 0.3) is 0 Å². The average Bonchev–Trinajstić information content (AvgIpc) is 3.09. The van der Waals surface area contributed by atoms with Gasteiger partial charge in [0.15, 0.2) is 0 Å². The average molecular weight is 777 g/mol. The van der Waals surface area contributed by atoms with Gasteiger partial charge in [0.1, 0.15) is 34.8 Å². The molecule has 0 saturated carbocycles. The second-order valence-corrected chi connectivity index (χ2v) is 17.5. The fraction of sp³-hybridized carbons (Fsp3) is 0.488. The van der Waals surface area contributed by atoms with Gasteiger partial charge in [-0.25, -0.2) is 9.59 Å². The molecule has 4 atom stereocenters. The van der Waals surface area contributed by atoms with Crippen molar-refractivity contribution in [2.24, 2.45) is 11.8 Å². The minimum atomic E-state index is -1.31. The summed E-state index contributed by atoms with van der Waals surface area (Å²) in [6.45, 7) is 17.8. The molecule has 0 aromatic heterocycles. The highest BCUT2D eigenvalue weighted by atomic mass is 32.2. The largest absolute Gasteiger partial charge is 0.444 e. The Labute approximate surface area is 331 Å². The molecule has 2 unspecified atom stereocenters. The first-order chi connectivity index (χ1) is 25.7. The molecular weight excluding hydrogens is 717 g/mol. The summed E-state index contributed by atoms with van der Waals surface area (Å²) < 4.78 is 11.0. The number of carbonyl (C=O) groups is 4. The highest BCUT2D eigenvalue weighted by Crippen LogP contribution is 2.31. The molecule has 3 aromatic carbocycles. The molecule has 0 radical (unpaired) electrons. The number of nitrogens with zero attached hydrogens (tertiary/aromatic N) is 2. The second-order valence-electron chi connectivity index (χ2n) is 16.3. The Kier molecular flexibility index (Phi) is 16.6. The maximum Gasteiger partial charge on any atom is 0.408 e. The van der Waals surface area contributed by atoms with Crippen molar-refractivity contribution in [2.75, 3.05) is 6.54 Å². The van der Waals surface area contributed by atoms with Gasteiger partial charge >= 0.3 is 12.2 Å². The smallest absolute Gasteiger partial charge is 0.408 e. The van der Waals surface area contributed by atoms with Crippen LogP contribution in [0.15, 0.2) is 95.9 Å². The molecule has 4 amide bonds. The number of nitrogens with one attached hydrogen (secondary N) is 2. The Balaban J connectivity index is 2.12. The van der Waals surface area contributed by atoms with Crippen LogP contribution in [0.2, 0.25) is 0 Å². The minimum absolute atomic E-state index is 0.0991. The van der Waals surface area contributed by atoms with Crippen LogP contribution in [0.4, 0.5) is 9.59 Å². The minimum Gasteiger partial charge on any atom is -0.444 e. The molecule has 300 valence electrons. The van der Waals surface area contributed by atoms with Gasteiger partial charge in [0.25, 0.3) is 0 Å². The van der Waals surface area contributed by atoms with E-state index in [4.69, 9.17) is 9.47 Å². The zero-order chi connectivity index (χ0) is 40.9. The first-order valence-electron chi connectivity index (χ1n) is 18.8. The first kappa shape index (κ1) is 44.8. The first-order valence-corrected chi connectivity index (χ1v) is 19.7. The van der Waals surface area contributed by atoms with Crippen LogP contribution < -0.4 is 10.6 Å². The summed E-state index contributed by atoms with van der Waals surface area (Å²) in [5.74, 6) is -1.52. The number of aliphatic hydroxyl groups is 1. The number of aliphatic hydroxyl groups excluding tert-OH is 1. The van der Waals surface area contributed by atoms with E-state index in [1.807, 2.05) is 119 Å². The number of hydrogen-bond donors (Lipinski definition) is 3. The van der Waals surface area contributed by atoms with Gasteiger partial charge < -0.3 is 35.0 Å². The lowest BCUT2D eigenvalue weighted by Crippen LogP contribution is -2.58. The molecule has 0 aliphatic rings. The lowest BCUT2D eigenvalue weighted by Gasteiger charge is -2.39. The molecule has 0 heterocycles. The zero-order valence-electron chi connectivity index (χ0n) is 33.9. The third-order valence-electron chi connectivity index (χ3n) is 8.26. The van der Waals surface area contributed by atoms with Crippen molar-refractivity contribution in [2.45, 2.75) is 122 Å². The Bertz CT molecular complexity index is 1660. The second kappa shape index (κ2) is 20.4. The van der Waals surface area contributed by atoms with Gasteiger partial charge in [-0.1, -0.05) is 118 Å². The topological polar surface area (TPSA) is 138 Å². The monoisotopic (exact) mass is 776 g/mol. The normalized spacial score (nSPS) is 14.0. The summed E-state index contributed by atoms with van der Waals surface area (Å²) in [6, 6.07) is 26.2. The SMILES string of the molecule is CC(C)[C@H](NC(=O)OC(C)(C)C)C(=O)N(Cc1ccccc1)CC(O)C(Sc1ccccc1)N(Cc1ccccc1)C(=O)[C@@H](NC(=O)OC(C)(C)C)C(C)C. The molecular formula is C43H60N4O7S. The van der Waals surface area contributed by atoms with Gasteiger partial charge in [-0.3, -0.25) is 9.59 Å². The van der Waals surface area contributed by atoms with Gasteiger partial charge in [0.2, 0.25) is 11.8 Å². The molecule has 55 heavy (non-hydrogen) atoms. The summed E-state index contributed by atoms with van der Waals surface area (Å²) in [7, 11) is 0. The number of thioether (sulfide) groups is 1. The Morgan fingerprint density at radius 2 is 1.04 bits per heavy atom. The van der Waals surface area contributed by atoms with Crippen molar-refractivity contribution in [1.29, 1.82) is 0 Å². The quantitative estimate of drug-likeness (QED) is 0.0999. The summed E-state index contributed by atoms with van der Waals surface area (Å²) in [5.41, 5.74) is 0.0485. The maximum absolute atomic E-state index is 14.9. The molecule has 0 aliphatic heterocycles. The number of rotatable bonds is 16. The van der Waals surface area contributed by atoms with Crippen molar-refractivity contribution in [3.8, 4) is 0 Å². The molecule has 0 aliphatic carbocycles. The van der Waals surface area contributed by atoms with Crippen molar-refractivity contribution in [3.63, 3.8) is 0 Å². The van der Waals surface area contributed by atoms with Crippen LogP contribution in [-0.2, 0) is 32.2 Å². The molecule has 0 fully saturated rings. The van der Waals surface area contributed by atoms with Crippen molar-refractivity contribution in [3.05, 3.63) is 102 Å². The molecule has 0 saturated heterocycles. The third-order valence-corrected chi connectivity index (χ3v) is 9.61. The molecule has 3 aromatic rings. The lowest BCUT2D eigenvalue weighted by molar-refractivity contribution is -0.140. The van der Waals surface area contributed by atoms with Crippen LogP contribution in [0, 0.1) is 11.8 Å². The Morgan fingerprint density at radius 3 is 1.45 bits per heavy atom. The zero-order valence-corrected chi connectivity index (χ0v) is 34.8. The standard InChI is InChI=1S/C43H60N4O7S/c1-29(2)35(44-40(51)53-42(5,6)7)37(49)46(26-31-20-14-11-15-21-31)28-34(48)39(55-33-24-18-13-19-25-33)47(27-32-22-16-12-17-23-32)38(50)36(30(3)4)45-41(52)54-43(8,9)10/h11-25,29-30,34-36,39,48H,26-28H2,1-10H3,(H,44,51)(H,45,52)/t34?,35-,36-,39?/m0/s1. The van der Waals surface area contributed by atoms with Crippen LogP contribution >= 0.6 is 11.8 Å². The van der Waals surface area contributed by atoms with E-state index in [1.165, 1.54) is 16.7 Å². The van der Waals surface area contributed by atoms with E-state index in [1.54, 1.807) is 46.4 Å². The highest BCUT2D eigenvalue weighted by molar-refractivity contribution is 8.00. The number of carbonyl (C=O) groups excluding carboxylic acids is 4. The summed E-state index contributed by atoms with van der Waals surface area (Å²) >= 11 is 1.29. The predicted molar refractivity (Wildman–Crippen MR) is 217 cm³/mol. The van der Waals surface area contributed by atoms with Crippen molar-refractivity contribution < 1.29 is 33.8 Å². The van der Waals surface area contributed by atoms with Gasteiger partial charge in [0.05, 0.1) is 0 Å². The molecule has 11 nitrogen and oxygen atoms in total. The fourth-order valence-electron chi connectivity index (χ4n) is 5.69. The van der Waals surface area contributed by atoms with Crippen molar-refractivity contribution >= 4 is 35.8 Å². The fourth-order valence-corrected chi connectivity index (χ4v) is 6.83. The van der Waals surface area contributed by atoms with Crippen molar-refractivity contribution in [1.82, 2.24) is 20.4 Å². The van der Waals surface area contributed by atoms with E-state index in [0.717, 1.165) is 16.0 Å². The number of alkyl carbamates (subject to hydrolysis) is 2. The van der Waals surface area contributed by atoms with Gasteiger partial charge in [-0.15, -0.1) is 0 Å². The van der Waals surface area contributed by atoms with Crippen LogP contribution in [-0.4, -0.2) is 80.2 Å². The Hall–Kier alpha value is -4.55. The number of benzene rings is 3. The molecule has 3 N–H and O–H groups in total. The molecule has 3 rings (SSSR count). The number of ether oxygens (including phenoxy) is 2. The molecule has 12 heteroatoms. The third kappa shape index (κ3) is 15.2. The van der Waals surface area contributed by atoms with Gasteiger partial charge in [-0.2, -0.15) is 0 Å². The summed E-state index contributed by atoms with van der Waals surface area (Å²) in [5, 5.41) is 17.0. The number of amides is 4. The molecule has 0 spiro atoms. The van der Waals surface area contributed by atoms with E-state index in [2.05, 4.69) is 10.6 Å². The lowest BCUT2D eigenvalue weighted by atomic mass is 10.0. The van der Waals surface area contributed by atoms with Crippen LogP contribution in [0.1, 0.15) is 80.4 Å². The van der Waals surface area contributed by atoms with E-state index in [0.29, 0.717) is 0 Å². The molecule has 0 bridgehead atoms. The van der Waals surface area contributed by atoms with E-state index < -0.39 is 58.8 Å². The number of hydrogen-bond acceptors (Lipinski definition) is 8. The summed E-state index contributed by atoms with van der Waals surface area (Å²) in [6.07, 6.45) is -2.77.